The number of nitrogens with zero attached hydrogens (tertiary/aromatic N) is 2. The number of likely N-dealkylation sites (N-methyl/N-ethyl adjacent to an activating group) is 1. The summed E-state index contributed by atoms with van der Waals surface area (Å²) in [7, 11) is 1.55. The summed E-state index contributed by atoms with van der Waals surface area (Å²) in [5.74, 6) is -1.37. The summed E-state index contributed by atoms with van der Waals surface area (Å²) in [4.78, 5) is 26.8. The maximum atomic E-state index is 14.3. The van der Waals surface area contributed by atoms with Crippen LogP contribution in [-0.4, -0.2) is 29.8 Å². The van der Waals surface area contributed by atoms with E-state index in [1.807, 2.05) is 36.4 Å². The van der Waals surface area contributed by atoms with Crippen molar-refractivity contribution in [2.24, 2.45) is 0 Å². The van der Waals surface area contributed by atoms with Gasteiger partial charge in [-0.3, -0.25) is 9.59 Å². The molecule has 1 aliphatic heterocycles. The molecule has 1 unspecified atom stereocenters. The van der Waals surface area contributed by atoms with Crippen molar-refractivity contribution in [1.82, 2.24) is 10.2 Å². The fraction of sp³-hybridized carbons (Fsp3) is 0.190. The molecular formula is C21H18FN3O2. The van der Waals surface area contributed by atoms with Crippen LogP contribution >= 0.6 is 0 Å². The number of carbonyl (C=O) groups excluding carboxylic acids is 2. The highest BCUT2D eigenvalue weighted by Crippen LogP contribution is 2.27. The lowest BCUT2D eigenvalue weighted by Crippen LogP contribution is -2.56. The van der Waals surface area contributed by atoms with E-state index in [1.165, 1.54) is 30.0 Å². The van der Waals surface area contributed by atoms with Gasteiger partial charge < -0.3 is 10.2 Å². The van der Waals surface area contributed by atoms with E-state index in [4.69, 9.17) is 0 Å². The van der Waals surface area contributed by atoms with Gasteiger partial charge in [0.05, 0.1) is 11.6 Å². The number of hydrogen-bond acceptors (Lipinski definition) is 3. The normalized spacial score (nSPS) is 18.7. The molecule has 6 heteroatoms. The van der Waals surface area contributed by atoms with Crippen LogP contribution in [0.3, 0.4) is 0 Å². The number of benzene rings is 2. The summed E-state index contributed by atoms with van der Waals surface area (Å²) in [6, 6.07) is 14.8. The number of halogens is 1. The van der Waals surface area contributed by atoms with Crippen LogP contribution in [0.25, 0.3) is 5.57 Å². The molecule has 0 aliphatic carbocycles. The third kappa shape index (κ3) is 3.44. The van der Waals surface area contributed by atoms with E-state index >= 15 is 0 Å². The van der Waals surface area contributed by atoms with Crippen LogP contribution in [-0.2, 0) is 16.0 Å². The zero-order chi connectivity index (χ0) is 19.6. The summed E-state index contributed by atoms with van der Waals surface area (Å²) < 4.78 is 14.3. The molecule has 0 spiro atoms. The second-order valence-corrected chi connectivity index (χ2v) is 6.39. The fourth-order valence-electron chi connectivity index (χ4n) is 3.20. The van der Waals surface area contributed by atoms with Crippen molar-refractivity contribution in [3.63, 3.8) is 0 Å². The van der Waals surface area contributed by atoms with Crippen LogP contribution in [0.4, 0.5) is 4.39 Å². The van der Waals surface area contributed by atoms with E-state index in [9.17, 15) is 19.2 Å². The standard InChI is InChI=1S/C21H18FN3O2/c1-13(18-15(12-23)9-6-10-16(18)22)19-21(27)25(2)17(20(26)24-19)11-14-7-4-3-5-8-14/h3-10,17H,11H2,1-2H3,(H,24,26). The van der Waals surface area contributed by atoms with Crippen molar-refractivity contribution in [3.05, 3.63) is 76.7 Å². The molecule has 1 atom stereocenters. The Kier molecular flexibility index (Phi) is 5.04. The average molecular weight is 363 g/mol. The van der Waals surface area contributed by atoms with Gasteiger partial charge in [0, 0.05) is 19.0 Å². The molecule has 0 saturated carbocycles. The maximum absolute atomic E-state index is 14.3. The van der Waals surface area contributed by atoms with Crippen molar-refractivity contribution >= 4 is 17.4 Å². The van der Waals surface area contributed by atoms with Crippen LogP contribution in [0.1, 0.15) is 23.6 Å². The zero-order valence-electron chi connectivity index (χ0n) is 15.0. The summed E-state index contributed by atoms with van der Waals surface area (Å²) >= 11 is 0. The third-order valence-corrected chi connectivity index (χ3v) is 4.71. The number of nitriles is 1. The lowest BCUT2D eigenvalue weighted by atomic mass is 9.96. The third-order valence-electron chi connectivity index (χ3n) is 4.71. The second-order valence-electron chi connectivity index (χ2n) is 6.39. The number of rotatable bonds is 3. The predicted molar refractivity (Wildman–Crippen MR) is 98.6 cm³/mol. The molecule has 0 bridgehead atoms. The SMILES string of the molecule is CC(=C1NC(=O)C(Cc2ccccc2)N(C)C1=O)c1c(F)cccc1C#N. The van der Waals surface area contributed by atoms with Gasteiger partial charge in [-0.25, -0.2) is 4.39 Å². The number of amides is 2. The quantitative estimate of drug-likeness (QED) is 0.852. The van der Waals surface area contributed by atoms with Gasteiger partial charge in [0.25, 0.3) is 5.91 Å². The van der Waals surface area contributed by atoms with Crippen LogP contribution in [0, 0.1) is 17.1 Å². The van der Waals surface area contributed by atoms with Crippen LogP contribution < -0.4 is 5.32 Å². The fourth-order valence-corrected chi connectivity index (χ4v) is 3.20. The number of carbonyl (C=O) groups is 2. The summed E-state index contributed by atoms with van der Waals surface area (Å²) in [6.45, 7) is 1.53. The zero-order valence-corrected chi connectivity index (χ0v) is 15.0. The Balaban J connectivity index is 1.97. The van der Waals surface area contributed by atoms with E-state index in [-0.39, 0.29) is 28.3 Å². The van der Waals surface area contributed by atoms with Crippen molar-refractivity contribution in [2.45, 2.75) is 19.4 Å². The Morgan fingerprint density at radius 1 is 1.19 bits per heavy atom. The van der Waals surface area contributed by atoms with Crippen molar-refractivity contribution in [3.8, 4) is 6.07 Å². The average Bonchev–Trinajstić information content (AvgIpc) is 2.68. The first-order valence-corrected chi connectivity index (χ1v) is 8.46. The van der Waals surface area contributed by atoms with Gasteiger partial charge >= 0.3 is 0 Å². The lowest BCUT2D eigenvalue weighted by molar-refractivity contribution is -0.140. The molecule has 1 aliphatic rings. The van der Waals surface area contributed by atoms with Gasteiger partial charge in [0.1, 0.15) is 17.6 Å². The van der Waals surface area contributed by atoms with Gasteiger partial charge in [-0.1, -0.05) is 36.4 Å². The predicted octanol–water partition coefficient (Wildman–Crippen LogP) is 2.63. The number of nitrogens with one attached hydrogen (secondary N) is 1. The molecule has 0 aromatic heterocycles. The summed E-state index contributed by atoms with van der Waals surface area (Å²) in [5, 5.41) is 11.9. The van der Waals surface area contributed by atoms with E-state index in [0.29, 0.717) is 6.42 Å². The Bertz CT molecular complexity index is 977. The first kappa shape index (κ1) is 18.3. The van der Waals surface area contributed by atoms with Crippen LogP contribution in [0.15, 0.2) is 54.2 Å². The molecule has 2 amide bonds. The lowest BCUT2D eigenvalue weighted by Gasteiger charge is -2.34. The number of hydrogen-bond donors (Lipinski definition) is 1. The maximum Gasteiger partial charge on any atom is 0.271 e. The van der Waals surface area contributed by atoms with Crippen LogP contribution in [0.5, 0.6) is 0 Å². The highest BCUT2D eigenvalue weighted by atomic mass is 19.1. The summed E-state index contributed by atoms with van der Waals surface area (Å²) in [5.41, 5.74) is 1.29. The van der Waals surface area contributed by atoms with Gasteiger partial charge in [0.2, 0.25) is 5.91 Å². The summed E-state index contributed by atoms with van der Waals surface area (Å²) in [6.07, 6.45) is 0.379. The van der Waals surface area contributed by atoms with Gasteiger partial charge in [-0.2, -0.15) is 5.26 Å². The van der Waals surface area contributed by atoms with Crippen molar-refractivity contribution < 1.29 is 14.0 Å². The first-order valence-electron chi connectivity index (χ1n) is 8.46. The highest BCUT2D eigenvalue weighted by Gasteiger charge is 2.36. The molecule has 3 rings (SSSR count). The second kappa shape index (κ2) is 7.42. The number of allylic oxidation sites excluding steroid dienone is 1. The van der Waals surface area contributed by atoms with Crippen LogP contribution in [0.2, 0.25) is 0 Å². The molecule has 2 aromatic rings. The van der Waals surface area contributed by atoms with Crippen molar-refractivity contribution in [2.75, 3.05) is 7.05 Å². The van der Waals surface area contributed by atoms with Gasteiger partial charge in [0.15, 0.2) is 0 Å². The topological polar surface area (TPSA) is 73.2 Å². The molecule has 1 fully saturated rings. The minimum absolute atomic E-state index is 0.00610. The monoisotopic (exact) mass is 363 g/mol. The largest absolute Gasteiger partial charge is 0.328 e. The molecule has 1 heterocycles. The molecule has 136 valence electrons. The molecule has 2 aromatic carbocycles. The van der Waals surface area contributed by atoms with E-state index < -0.39 is 17.8 Å². The Morgan fingerprint density at radius 3 is 2.56 bits per heavy atom. The molecule has 1 saturated heterocycles. The number of piperazine rings is 1. The van der Waals surface area contributed by atoms with E-state index in [1.54, 1.807) is 7.05 Å². The molecule has 27 heavy (non-hydrogen) atoms. The highest BCUT2D eigenvalue weighted by molar-refractivity contribution is 6.09. The first-order chi connectivity index (χ1) is 12.9. The van der Waals surface area contributed by atoms with Gasteiger partial charge in [-0.05, 0) is 30.2 Å². The van der Waals surface area contributed by atoms with Gasteiger partial charge in [-0.15, -0.1) is 0 Å². The van der Waals surface area contributed by atoms with E-state index in [2.05, 4.69) is 5.32 Å². The Labute approximate surface area is 156 Å². The van der Waals surface area contributed by atoms with E-state index in [0.717, 1.165) is 5.56 Å². The smallest absolute Gasteiger partial charge is 0.271 e. The Hall–Kier alpha value is -3.46. The van der Waals surface area contributed by atoms with Crippen molar-refractivity contribution in [1.29, 1.82) is 5.26 Å². The minimum Gasteiger partial charge on any atom is -0.328 e. The molecule has 5 nitrogen and oxygen atoms in total. The molecular weight excluding hydrogens is 345 g/mol. The Morgan fingerprint density at radius 2 is 1.89 bits per heavy atom. The molecule has 0 radical (unpaired) electrons. The molecule has 1 N–H and O–H groups in total. The minimum atomic E-state index is -0.660.